The molecule has 2 aromatic rings. The molecule has 118 valence electrons. The highest BCUT2D eigenvalue weighted by Gasteiger charge is 2.17. The summed E-state index contributed by atoms with van der Waals surface area (Å²) in [6.45, 7) is 0.376. The molecule has 0 saturated heterocycles. The number of methoxy groups -OCH3 is 1. The molecule has 1 heterocycles. The highest BCUT2D eigenvalue weighted by Crippen LogP contribution is 2.31. The number of hydrogen-bond acceptors (Lipinski definition) is 4. The summed E-state index contributed by atoms with van der Waals surface area (Å²) in [5.74, 6) is 0.909. The predicted molar refractivity (Wildman–Crippen MR) is 90.0 cm³/mol. The number of thioether (sulfide) groups is 1. The van der Waals surface area contributed by atoms with E-state index in [0.29, 0.717) is 23.5 Å². The van der Waals surface area contributed by atoms with Gasteiger partial charge in [0.05, 0.1) is 18.6 Å². The first kappa shape index (κ1) is 15.4. The average molecular weight is 328 g/mol. The first-order valence-corrected chi connectivity index (χ1v) is 8.13. The van der Waals surface area contributed by atoms with E-state index in [-0.39, 0.29) is 11.8 Å². The lowest BCUT2D eigenvalue weighted by molar-refractivity contribution is -0.113. The Labute approximate surface area is 138 Å². The molecule has 3 rings (SSSR count). The van der Waals surface area contributed by atoms with Gasteiger partial charge >= 0.3 is 0 Å². The number of hydrogen-bond donors (Lipinski definition) is 2. The second-order valence-corrected chi connectivity index (χ2v) is 6.06. The van der Waals surface area contributed by atoms with Crippen molar-refractivity contribution < 1.29 is 14.3 Å². The summed E-state index contributed by atoms with van der Waals surface area (Å²) in [4.78, 5) is 24.7. The van der Waals surface area contributed by atoms with Gasteiger partial charge < -0.3 is 15.4 Å². The van der Waals surface area contributed by atoms with Crippen LogP contribution in [-0.4, -0.2) is 24.7 Å². The van der Waals surface area contributed by atoms with Crippen molar-refractivity contribution in [2.45, 2.75) is 11.4 Å². The van der Waals surface area contributed by atoms with Gasteiger partial charge in [-0.05, 0) is 24.3 Å². The lowest BCUT2D eigenvalue weighted by Crippen LogP contribution is -2.24. The normalized spacial score (nSPS) is 13.0. The molecule has 0 unspecified atom stereocenters. The topological polar surface area (TPSA) is 67.4 Å². The molecule has 23 heavy (non-hydrogen) atoms. The molecule has 0 aliphatic carbocycles. The van der Waals surface area contributed by atoms with Gasteiger partial charge in [0.25, 0.3) is 5.91 Å². The van der Waals surface area contributed by atoms with Crippen molar-refractivity contribution in [1.82, 2.24) is 5.32 Å². The van der Waals surface area contributed by atoms with Crippen molar-refractivity contribution in [2.24, 2.45) is 0 Å². The maximum absolute atomic E-state index is 12.3. The smallest absolute Gasteiger partial charge is 0.251 e. The van der Waals surface area contributed by atoms with Crippen molar-refractivity contribution in [3.63, 3.8) is 0 Å². The van der Waals surface area contributed by atoms with Gasteiger partial charge in [-0.1, -0.05) is 18.2 Å². The summed E-state index contributed by atoms with van der Waals surface area (Å²) < 4.78 is 5.27. The Morgan fingerprint density at radius 2 is 2.13 bits per heavy atom. The molecule has 0 saturated carbocycles. The van der Waals surface area contributed by atoms with Crippen LogP contribution in [0.2, 0.25) is 0 Å². The summed E-state index contributed by atoms with van der Waals surface area (Å²) in [6, 6.07) is 12.9. The van der Waals surface area contributed by atoms with E-state index in [2.05, 4.69) is 10.6 Å². The first-order valence-electron chi connectivity index (χ1n) is 7.14. The van der Waals surface area contributed by atoms with E-state index in [9.17, 15) is 9.59 Å². The number of anilines is 1. The monoisotopic (exact) mass is 328 g/mol. The molecular formula is C17H16N2O3S. The Kier molecular flexibility index (Phi) is 4.52. The number of nitrogens with one attached hydrogen (secondary N) is 2. The molecule has 0 bridgehead atoms. The van der Waals surface area contributed by atoms with Gasteiger partial charge in [0.2, 0.25) is 5.91 Å². The zero-order valence-electron chi connectivity index (χ0n) is 12.6. The van der Waals surface area contributed by atoms with Crippen LogP contribution in [-0.2, 0) is 11.3 Å². The molecule has 1 aliphatic rings. The molecule has 0 atom stereocenters. The Hall–Kier alpha value is -2.47. The number of fused-ring (bicyclic) bond motifs is 1. The van der Waals surface area contributed by atoms with Gasteiger partial charge in [-0.3, -0.25) is 9.59 Å². The Balaban J connectivity index is 1.71. The number of amides is 2. The van der Waals surface area contributed by atoms with Crippen LogP contribution in [0.3, 0.4) is 0 Å². The summed E-state index contributed by atoms with van der Waals surface area (Å²) in [5.41, 5.74) is 2.11. The molecule has 2 N–H and O–H groups in total. The molecule has 5 nitrogen and oxygen atoms in total. The molecule has 0 radical (unpaired) electrons. The number of ether oxygens (including phenoxy) is 1. The fourth-order valence-corrected chi connectivity index (χ4v) is 3.14. The van der Waals surface area contributed by atoms with E-state index in [1.165, 1.54) is 11.8 Å². The standard InChI is InChI=1S/C17H16N2O3S/c1-22-14-5-3-2-4-12(14)9-18-17(21)11-6-7-15-13(8-11)19-16(20)10-23-15/h2-8H,9-10H2,1H3,(H,18,21)(H,19,20). The third-order valence-electron chi connectivity index (χ3n) is 3.51. The predicted octanol–water partition coefficient (Wildman–Crippen LogP) is 2.67. The fourth-order valence-electron chi connectivity index (χ4n) is 2.35. The van der Waals surface area contributed by atoms with Crippen molar-refractivity contribution in [1.29, 1.82) is 0 Å². The van der Waals surface area contributed by atoms with E-state index < -0.39 is 0 Å². The molecular weight excluding hydrogens is 312 g/mol. The van der Waals surface area contributed by atoms with Gasteiger partial charge in [-0.15, -0.1) is 11.8 Å². The third-order valence-corrected chi connectivity index (χ3v) is 4.58. The first-order chi connectivity index (χ1) is 11.2. The molecule has 6 heteroatoms. The second-order valence-electron chi connectivity index (χ2n) is 5.04. The van der Waals surface area contributed by atoms with Crippen LogP contribution >= 0.6 is 11.8 Å². The maximum Gasteiger partial charge on any atom is 0.251 e. The quantitative estimate of drug-likeness (QED) is 0.905. The largest absolute Gasteiger partial charge is 0.496 e. The van der Waals surface area contributed by atoms with Crippen molar-refractivity contribution in [3.8, 4) is 5.75 Å². The highest BCUT2D eigenvalue weighted by molar-refractivity contribution is 8.00. The average Bonchev–Trinajstić information content (AvgIpc) is 2.59. The number of carbonyl (C=O) groups excluding carboxylic acids is 2. The summed E-state index contributed by atoms with van der Waals surface area (Å²) >= 11 is 1.47. The molecule has 2 aromatic carbocycles. The zero-order valence-corrected chi connectivity index (χ0v) is 13.4. The number of carbonyl (C=O) groups is 2. The van der Waals surface area contributed by atoms with E-state index in [1.54, 1.807) is 19.2 Å². The van der Waals surface area contributed by atoms with Gasteiger partial charge in [-0.2, -0.15) is 0 Å². The van der Waals surface area contributed by atoms with E-state index >= 15 is 0 Å². The Bertz CT molecular complexity index is 761. The van der Waals surface area contributed by atoms with Gasteiger partial charge in [0.15, 0.2) is 0 Å². The van der Waals surface area contributed by atoms with Gasteiger partial charge in [-0.25, -0.2) is 0 Å². The summed E-state index contributed by atoms with van der Waals surface area (Å²) in [7, 11) is 1.60. The Morgan fingerprint density at radius 1 is 1.30 bits per heavy atom. The lowest BCUT2D eigenvalue weighted by atomic mass is 10.1. The van der Waals surface area contributed by atoms with Crippen molar-refractivity contribution >= 4 is 29.3 Å². The van der Waals surface area contributed by atoms with Gasteiger partial charge in [0.1, 0.15) is 5.75 Å². The van der Waals surface area contributed by atoms with Crippen molar-refractivity contribution in [2.75, 3.05) is 18.2 Å². The van der Waals surface area contributed by atoms with Crippen LogP contribution in [0.25, 0.3) is 0 Å². The molecule has 1 aliphatic heterocycles. The summed E-state index contributed by atoms with van der Waals surface area (Å²) in [5, 5.41) is 5.66. The minimum atomic E-state index is -0.191. The van der Waals surface area contributed by atoms with Crippen LogP contribution in [0, 0.1) is 0 Å². The van der Waals surface area contributed by atoms with E-state index in [0.717, 1.165) is 16.2 Å². The molecule has 0 spiro atoms. The fraction of sp³-hybridized carbons (Fsp3) is 0.176. The SMILES string of the molecule is COc1ccccc1CNC(=O)c1ccc2c(c1)NC(=O)CS2. The number of rotatable bonds is 4. The minimum Gasteiger partial charge on any atom is -0.496 e. The molecule has 0 fully saturated rings. The lowest BCUT2D eigenvalue weighted by Gasteiger charge is -2.17. The number of benzene rings is 2. The van der Waals surface area contributed by atoms with E-state index in [1.807, 2.05) is 30.3 Å². The van der Waals surface area contributed by atoms with Crippen LogP contribution in [0.5, 0.6) is 5.75 Å². The summed E-state index contributed by atoms with van der Waals surface area (Å²) in [6.07, 6.45) is 0. The zero-order chi connectivity index (χ0) is 16.2. The van der Waals surface area contributed by atoms with E-state index in [4.69, 9.17) is 4.74 Å². The van der Waals surface area contributed by atoms with Crippen LogP contribution in [0.4, 0.5) is 5.69 Å². The minimum absolute atomic E-state index is 0.0471. The van der Waals surface area contributed by atoms with Crippen LogP contribution in [0.15, 0.2) is 47.4 Å². The third kappa shape index (κ3) is 3.48. The van der Waals surface area contributed by atoms with Crippen LogP contribution in [0.1, 0.15) is 15.9 Å². The maximum atomic E-state index is 12.3. The van der Waals surface area contributed by atoms with Crippen molar-refractivity contribution in [3.05, 3.63) is 53.6 Å². The molecule has 0 aromatic heterocycles. The molecule has 2 amide bonds. The van der Waals surface area contributed by atoms with Gasteiger partial charge in [0, 0.05) is 22.6 Å². The second kappa shape index (κ2) is 6.75. The van der Waals surface area contributed by atoms with Crippen LogP contribution < -0.4 is 15.4 Å². The Morgan fingerprint density at radius 3 is 2.96 bits per heavy atom. The highest BCUT2D eigenvalue weighted by atomic mass is 32.2. The number of para-hydroxylation sites is 1.